The lowest BCUT2D eigenvalue weighted by Crippen LogP contribution is -2.05. The van der Waals surface area contributed by atoms with E-state index in [-0.39, 0.29) is 17.9 Å². The van der Waals surface area contributed by atoms with Crippen LogP contribution in [0.3, 0.4) is 0 Å². The molecule has 3 aromatic rings. The van der Waals surface area contributed by atoms with Gasteiger partial charge in [-0.3, -0.25) is 10.1 Å². The van der Waals surface area contributed by atoms with Gasteiger partial charge in [0.05, 0.1) is 16.2 Å². The Bertz CT molecular complexity index is 902. The van der Waals surface area contributed by atoms with E-state index >= 15 is 0 Å². The summed E-state index contributed by atoms with van der Waals surface area (Å²) in [6.07, 6.45) is 0. The number of nitro benzene ring substituents is 1. The summed E-state index contributed by atoms with van der Waals surface area (Å²) in [6.45, 7) is 2.08. The Morgan fingerprint density at radius 1 is 1.16 bits per heavy atom. The van der Waals surface area contributed by atoms with E-state index in [1.54, 1.807) is 0 Å². The molecule has 0 spiro atoms. The maximum atomic E-state index is 12.0. The molecule has 3 rings (SSSR count). The Kier molecular flexibility index (Phi) is 4.85. The fourth-order valence-electron chi connectivity index (χ4n) is 2.14. The summed E-state index contributed by atoms with van der Waals surface area (Å²) in [5, 5.41) is 13.3. The number of rotatable bonds is 5. The van der Waals surface area contributed by atoms with Crippen LogP contribution in [-0.2, 0) is 11.3 Å². The van der Waals surface area contributed by atoms with Crippen molar-refractivity contribution in [1.82, 2.24) is 4.98 Å². The van der Waals surface area contributed by atoms with E-state index in [2.05, 4.69) is 4.98 Å². The summed E-state index contributed by atoms with van der Waals surface area (Å²) in [5.41, 5.74) is 3.05. The molecule has 0 radical (unpaired) electrons. The molecule has 0 bridgehead atoms. The Morgan fingerprint density at radius 3 is 2.48 bits per heavy atom. The van der Waals surface area contributed by atoms with Crippen LogP contribution in [0.25, 0.3) is 10.6 Å². The number of nitrogens with zero attached hydrogens (tertiary/aromatic N) is 2. The summed E-state index contributed by atoms with van der Waals surface area (Å²) < 4.78 is 5.22. The van der Waals surface area contributed by atoms with E-state index in [4.69, 9.17) is 4.74 Å². The fraction of sp³-hybridized carbons (Fsp3) is 0.111. The Hall–Kier alpha value is -3.06. The SMILES string of the molecule is Cc1ccc(-c2nc(COC(=O)c3ccc([N+](=O)[O-])cc3)cs2)cc1. The van der Waals surface area contributed by atoms with Crippen LogP contribution in [0.4, 0.5) is 5.69 Å². The third-order valence-electron chi connectivity index (χ3n) is 3.52. The predicted molar refractivity (Wildman–Crippen MR) is 94.5 cm³/mol. The minimum absolute atomic E-state index is 0.0538. The van der Waals surface area contributed by atoms with E-state index in [9.17, 15) is 14.9 Å². The average molecular weight is 354 g/mol. The molecule has 6 nitrogen and oxygen atoms in total. The van der Waals surface area contributed by atoms with Crippen molar-refractivity contribution in [3.63, 3.8) is 0 Å². The van der Waals surface area contributed by atoms with E-state index in [1.807, 2.05) is 36.6 Å². The number of non-ortho nitro benzene ring substituents is 1. The zero-order valence-corrected chi connectivity index (χ0v) is 14.2. The van der Waals surface area contributed by atoms with Gasteiger partial charge in [0, 0.05) is 23.1 Å². The van der Waals surface area contributed by atoms with Crippen molar-refractivity contribution in [2.45, 2.75) is 13.5 Å². The van der Waals surface area contributed by atoms with Gasteiger partial charge in [0.15, 0.2) is 0 Å². The highest BCUT2D eigenvalue weighted by atomic mass is 32.1. The average Bonchev–Trinajstić information content (AvgIpc) is 3.09. The highest BCUT2D eigenvalue weighted by Gasteiger charge is 2.12. The van der Waals surface area contributed by atoms with Crippen LogP contribution in [0.2, 0.25) is 0 Å². The molecule has 0 unspecified atom stereocenters. The van der Waals surface area contributed by atoms with Crippen molar-refractivity contribution in [2.75, 3.05) is 0 Å². The fourth-order valence-corrected chi connectivity index (χ4v) is 2.95. The number of hydrogen-bond acceptors (Lipinski definition) is 6. The summed E-state index contributed by atoms with van der Waals surface area (Å²) >= 11 is 1.48. The van der Waals surface area contributed by atoms with Gasteiger partial charge in [-0.25, -0.2) is 9.78 Å². The van der Waals surface area contributed by atoms with Gasteiger partial charge in [-0.2, -0.15) is 0 Å². The van der Waals surface area contributed by atoms with E-state index < -0.39 is 10.9 Å². The van der Waals surface area contributed by atoms with Crippen LogP contribution in [0, 0.1) is 17.0 Å². The van der Waals surface area contributed by atoms with Crippen molar-refractivity contribution in [2.24, 2.45) is 0 Å². The van der Waals surface area contributed by atoms with Crippen LogP contribution in [0.15, 0.2) is 53.9 Å². The van der Waals surface area contributed by atoms with Gasteiger partial charge in [0.25, 0.3) is 5.69 Å². The summed E-state index contributed by atoms with van der Waals surface area (Å²) in [5.74, 6) is -0.542. The van der Waals surface area contributed by atoms with Gasteiger partial charge < -0.3 is 4.74 Å². The van der Waals surface area contributed by atoms with Gasteiger partial charge in [0.1, 0.15) is 11.6 Å². The molecular weight excluding hydrogens is 340 g/mol. The molecule has 0 amide bonds. The molecule has 0 atom stereocenters. The van der Waals surface area contributed by atoms with Crippen LogP contribution in [-0.4, -0.2) is 15.9 Å². The number of esters is 1. The molecule has 0 fully saturated rings. The van der Waals surface area contributed by atoms with Gasteiger partial charge in [-0.1, -0.05) is 29.8 Å². The zero-order chi connectivity index (χ0) is 17.8. The zero-order valence-electron chi connectivity index (χ0n) is 13.3. The highest BCUT2D eigenvalue weighted by molar-refractivity contribution is 7.13. The number of hydrogen-bond donors (Lipinski definition) is 0. The maximum Gasteiger partial charge on any atom is 0.338 e. The number of carbonyl (C=O) groups excluding carboxylic acids is 1. The molecule has 0 N–H and O–H groups in total. The quantitative estimate of drug-likeness (QED) is 0.386. The molecule has 126 valence electrons. The van der Waals surface area contributed by atoms with Gasteiger partial charge in [-0.05, 0) is 19.1 Å². The molecule has 1 aromatic heterocycles. The number of carbonyl (C=O) groups is 1. The molecule has 0 aliphatic heterocycles. The molecule has 25 heavy (non-hydrogen) atoms. The second kappa shape index (κ2) is 7.23. The summed E-state index contributed by atoms with van der Waals surface area (Å²) in [4.78, 5) is 26.6. The number of thiazole rings is 1. The molecule has 0 aliphatic rings. The Balaban J connectivity index is 1.62. The highest BCUT2D eigenvalue weighted by Crippen LogP contribution is 2.24. The standard InChI is InChI=1S/C18H14N2O4S/c1-12-2-4-13(5-3-12)17-19-15(11-25-17)10-24-18(21)14-6-8-16(9-7-14)20(22)23/h2-9,11H,10H2,1H3. The third kappa shape index (κ3) is 4.07. The first-order valence-corrected chi connectivity index (χ1v) is 8.34. The maximum absolute atomic E-state index is 12.0. The summed E-state index contributed by atoms with van der Waals surface area (Å²) in [7, 11) is 0. The largest absolute Gasteiger partial charge is 0.456 e. The molecule has 0 saturated heterocycles. The monoisotopic (exact) mass is 354 g/mol. The van der Waals surface area contributed by atoms with Gasteiger partial charge in [-0.15, -0.1) is 11.3 Å². The molecule has 0 aliphatic carbocycles. The topological polar surface area (TPSA) is 82.3 Å². The summed E-state index contributed by atoms with van der Waals surface area (Å²) in [6, 6.07) is 13.3. The normalized spacial score (nSPS) is 10.4. The first kappa shape index (κ1) is 16.8. The van der Waals surface area contributed by atoms with E-state index in [0.717, 1.165) is 10.6 Å². The van der Waals surface area contributed by atoms with E-state index in [1.165, 1.54) is 41.2 Å². The van der Waals surface area contributed by atoms with Crippen LogP contribution in [0.1, 0.15) is 21.6 Å². The molecule has 0 saturated carbocycles. The minimum atomic E-state index is -0.542. The lowest BCUT2D eigenvalue weighted by atomic mass is 10.2. The molecule has 1 heterocycles. The van der Waals surface area contributed by atoms with Crippen molar-refractivity contribution < 1.29 is 14.5 Å². The van der Waals surface area contributed by atoms with Gasteiger partial charge >= 0.3 is 5.97 Å². The molecule has 2 aromatic carbocycles. The minimum Gasteiger partial charge on any atom is -0.456 e. The van der Waals surface area contributed by atoms with Crippen LogP contribution < -0.4 is 0 Å². The predicted octanol–water partition coefficient (Wildman–Crippen LogP) is 4.38. The third-order valence-corrected chi connectivity index (χ3v) is 4.46. The lowest BCUT2D eigenvalue weighted by molar-refractivity contribution is -0.384. The van der Waals surface area contributed by atoms with Crippen molar-refractivity contribution in [3.8, 4) is 10.6 Å². The number of ether oxygens (including phenoxy) is 1. The van der Waals surface area contributed by atoms with Crippen molar-refractivity contribution >= 4 is 23.0 Å². The number of benzene rings is 2. The Morgan fingerprint density at radius 2 is 1.84 bits per heavy atom. The van der Waals surface area contributed by atoms with Gasteiger partial charge in [0.2, 0.25) is 0 Å². The van der Waals surface area contributed by atoms with Crippen LogP contribution >= 0.6 is 11.3 Å². The first-order valence-electron chi connectivity index (χ1n) is 7.46. The number of aromatic nitrogens is 1. The van der Waals surface area contributed by atoms with E-state index in [0.29, 0.717) is 5.69 Å². The number of nitro groups is 1. The number of aryl methyl sites for hydroxylation is 1. The van der Waals surface area contributed by atoms with Crippen molar-refractivity contribution in [3.05, 3.63) is 80.8 Å². The first-order chi connectivity index (χ1) is 12.0. The second-order valence-corrected chi connectivity index (χ2v) is 6.25. The smallest absolute Gasteiger partial charge is 0.338 e. The molecule has 7 heteroatoms. The van der Waals surface area contributed by atoms with Crippen molar-refractivity contribution in [1.29, 1.82) is 0 Å². The Labute approximate surface area is 147 Å². The second-order valence-electron chi connectivity index (χ2n) is 5.39. The molecular formula is C18H14N2O4S. The van der Waals surface area contributed by atoms with Crippen LogP contribution in [0.5, 0.6) is 0 Å². The lowest BCUT2D eigenvalue weighted by Gasteiger charge is -2.02.